The summed E-state index contributed by atoms with van der Waals surface area (Å²) in [5.74, 6) is 0. The number of hydrogen-bond donors (Lipinski definition) is 0. The molecule has 0 saturated carbocycles. The smallest absolute Gasteiger partial charge is 0.373 e. The Morgan fingerprint density at radius 2 is 1.44 bits per heavy atom. The van der Waals surface area contributed by atoms with E-state index in [0.717, 1.165) is 0 Å². The first-order valence-corrected chi connectivity index (χ1v) is 12.1. The van der Waals surface area contributed by atoms with E-state index in [9.17, 15) is 0 Å². The third-order valence-corrected chi connectivity index (χ3v) is 14.2. The van der Waals surface area contributed by atoms with Gasteiger partial charge in [-0.05, 0) is 22.8 Å². The van der Waals surface area contributed by atoms with Crippen molar-refractivity contribution in [3.05, 3.63) is 61.4 Å². The van der Waals surface area contributed by atoms with Gasteiger partial charge in [-0.1, -0.05) is 5.70 Å². The molecule has 1 atom stereocenters. The zero-order valence-electron chi connectivity index (χ0n) is 10.3. The Balaban J connectivity index is 3.12. The Hall–Kier alpha value is -0.592. The molecule has 1 fully saturated rings. The van der Waals surface area contributed by atoms with Gasteiger partial charge in [0.05, 0.1) is 0 Å². The Morgan fingerprint density at radius 3 is 1.89 bits per heavy atom. The highest BCUT2D eigenvalue weighted by molar-refractivity contribution is 6.94. The highest BCUT2D eigenvalue weighted by Gasteiger charge is 2.45. The van der Waals surface area contributed by atoms with Crippen LogP contribution in [0.25, 0.3) is 0 Å². The van der Waals surface area contributed by atoms with Gasteiger partial charge in [0.1, 0.15) is 0 Å². The minimum atomic E-state index is -2.76. The largest absolute Gasteiger partial charge is 0.419 e. The molecule has 1 saturated heterocycles. The van der Waals surface area contributed by atoms with Crippen molar-refractivity contribution in [2.45, 2.75) is 0 Å². The minimum Gasteiger partial charge on any atom is -0.419 e. The summed E-state index contributed by atoms with van der Waals surface area (Å²) >= 11 is 0. The fourth-order valence-corrected chi connectivity index (χ4v) is 13.6. The lowest BCUT2D eigenvalue weighted by atomic mass is 11.2. The van der Waals surface area contributed by atoms with Crippen molar-refractivity contribution in [2.24, 2.45) is 0 Å². The molecule has 1 unspecified atom stereocenters. The van der Waals surface area contributed by atoms with Gasteiger partial charge in [0.25, 0.3) is 10.0 Å². The second-order valence-electron chi connectivity index (χ2n) is 3.51. The van der Waals surface area contributed by atoms with Crippen molar-refractivity contribution < 1.29 is 16.5 Å². The Labute approximate surface area is 114 Å². The standard InChI is InChI=1S/C10H18O4Si4/c1-6-16-11-15-12-17(7-2,8-3)14-18(9-4,10-5)13-16/h6-10,16H,1-5,15H2. The maximum atomic E-state index is 6.10. The molecule has 18 heavy (non-hydrogen) atoms. The molecule has 0 aromatic heterocycles. The molecule has 1 heterocycles. The summed E-state index contributed by atoms with van der Waals surface area (Å²) in [6, 6.07) is 0. The maximum Gasteiger partial charge on any atom is 0.373 e. The molecular formula is C10H18O4Si4. The fourth-order valence-electron chi connectivity index (χ4n) is 1.38. The molecule has 0 aromatic carbocycles. The van der Waals surface area contributed by atoms with E-state index in [1.54, 1.807) is 28.5 Å². The van der Waals surface area contributed by atoms with Crippen molar-refractivity contribution in [3.8, 4) is 0 Å². The van der Waals surface area contributed by atoms with Crippen LogP contribution in [0.15, 0.2) is 61.4 Å². The normalized spacial score (nSPS) is 27.4. The molecule has 0 aromatic rings. The van der Waals surface area contributed by atoms with Crippen molar-refractivity contribution >= 4 is 36.4 Å². The summed E-state index contributed by atoms with van der Waals surface area (Å²) in [7, 11) is -8.61. The molecule has 98 valence electrons. The van der Waals surface area contributed by atoms with E-state index >= 15 is 0 Å². The van der Waals surface area contributed by atoms with Crippen molar-refractivity contribution in [3.63, 3.8) is 0 Å². The van der Waals surface area contributed by atoms with Crippen molar-refractivity contribution in [1.29, 1.82) is 0 Å². The van der Waals surface area contributed by atoms with Gasteiger partial charge in [-0.3, -0.25) is 0 Å². The van der Waals surface area contributed by atoms with E-state index in [1.807, 2.05) is 0 Å². The second-order valence-corrected chi connectivity index (χ2v) is 13.7. The predicted molar refractivity (Wildman–Crippen MR) is 82.5 cm³/mol. The molecule has 0 bridgehead atoms. The van der Waals surface area contributed by atoms with Gasteiger partial charge in [0.15, 0.2) is 0 Å². The van der Waals surface area contributed by atoms with E-state index in [1.165, 1.54) is 0 Å². The van der Waals surface area contributed by atoms with Gasteiger partial charge in [0, 0.05) is 0 Å². The average molecular weight is 315 g/mol. The summed E-state index contributed by atoms with van der Waals surface area (Å²) in [6.45, 7) is 18.8. The van der Waals surface area contributed by atoms with Crippen LogP contribution in [-0.2, 0) is 16.5 Å². The van der Waals surface area contributed by atoms with Crippen molar-refractivity contribution in [1.82, 2.24) is 0 Å². The highest BCUT2D eigenvalue weighted by atomic mass is 28.5. The molecule has 0 N–H and O–H groups in total. The molecule has 0 radical (unpaired) electrons. The molecule has 0 amide bonds. The first-order chi connectivity index (χ1) is 8.59. The quantitative estimate of drug-likeness (QED) is 0.703. The Kier molecular flexibility index (Phi) is 5.62. The monoisotopic (exact) mass is 314 g/mol. The van der Waals surface area contributed by atoms with Crippen LogP contribution in [0, 0.1) is 0 Å². The first kappa shape index (κ1) is 15.5. The Bertz CT molecular complexity index is 355. The summed E-state index contributed by atoms with van der Waals surface area (Å²) in [6.07, 6.45) is 0. The zero-order chi connectivity index (χ0) is 13.6. The van der Waals surface area contributed by atoms with Gasteiger partial charge in [-0.25, -0.2) is 0 Å². The van der Waals surface area contributed by atoms with E-state index in [0.29, 0.717) is 0 Å². The van der Waals surface area contributed by atoms with E-state index in [2.05, 4.69) is 32.9 Å². The summed E-state index contributed by atoms with van der Waals surface area (Å²) in [5, 5.41) is 0. The second kappa shape index (κ2) is 6.54. The fraction of sp³-hybridized carbons (Fsp3) is 0. The molecular weight excluding hydrogens is 296 g/mol. The molecule has 0 aliphatic carbocycles. The maximum absolute atomic E-state index is 6.10. The molecule has 0 spiro atoms. The lowest BCUT2D eigenvalue weighted by Gasteiger charge is -2.38. The van der Waals surface area contributed by atoms with E-state index in [4.69, 9.17) is 16.5 Å². The lowest BCUT2D eigenvalue weighted by Crippen LogP contribution is -2.57. The van der Waals surface area contributed by atoms with Crippen LogP contribution >= 0.6 is 0 Å². The van der Waals surface area contributed by atoms with Crippen molar-refractivity contribution in [2.75, 3.05) is 0 Å². The number of hydrogen-bond acceptors (Lipinski definition) is 4. The van der Waals surface area contributed by atoms with Crippen LogP contribution < -0.4 is 0 Å². The third kappa shape index (κ3) is 3.24. The number of rotatable bonds is 5. The van der Waals surface area contributed by atoms with Gasteiger partial charge in [0.2, 0.25) is 0 Å². The van der Waals surface area contributed by atoms with Crippen LogP contribution in [0.5, 0.6) is 0 Å². The van der Waals surface area contributed by atoms with Crippen LogP contribution in [-0.4, -0.2) is 36.4 Å². The van der Waals surface area contributed by atoms with Crippen LogP contribution in [0.2, 0.25) is 0 Å². The first-order valence-electron chi connectivity index (χ1n) is 5.39. The molecule has 1 aliphatic rings. The van der Waals surface area contributed by atoms with Crippen LogP contribution in [0.4, 0.5) is 0 Å². The summed E-state index contributed by atoms with van der Waals surface area (Å²) < 4.78 is 23.5. The third-order valence-electron chi connectivity index (χ3n) is 2.47. The Morgan fingerprint density at radius 1 is 0.889 bits per heavy atom. The average Bonchev–Trinajstić information content (AvgIpc) is 2.41. The highest BCUT2D eigenvalue weighted by Crippen LogP contribution is 2.23. The van der Waals surface area contributed by atoms with Crippen LogP contribution in [0.3, 0.4) is 0 Å². The molecule has 1 rings (SSSR count). The van der Waals surface area contributed by atoms with E-state index in [-0.39, 0.29) is 0 Å². The molecule has 1 aliphatic heterocycles. The van der Waals surface area contributed by atoms with Crippen LogP contribution in [0.1, 0.15) is 0 Å². The lowest BCUT2D eigenvalue weighted by molar-refractivity contribution is 0.292. The molecule has 8 heteroatoms. The summed E-state index contributed by atoms with van der Waals surface area (Å²) in [5.41, 5.74) is 8.37. The van der Waals surface area contributed by atoms with E-state index < -0.39 is 36.4 Å². The van der Waals surface area contributed by atoms with Gasteiger partial charge < -0.3 is 16.5 Å². The van der Waals surface area contributed by atoms with Gasteiger partial charge in [-0.15, -0.1) is 32.9 Å². The van der Waals surface area contributed by atoms with Gasteiger partial charge >= 0.3 is 26.4 Å². The summed E-state index contributed by atoms with van der Waals surface area (Å²) in [4.78, 5) is 0. The van der Waals surface area contributed by atoms with Gasteiger partial charge in [-0.2, -0.15) is 0 Å². The minimum absolute atomic E-state index is 1.18. The molecule has 4 nitrogen and oxygen atoms in total. The predicted octanol–water partition coefficient (Wildman–Crippen LogP) is 0.796. The SMILES string of the molecule is C=C[SiH]1O[SiH2]O[Si](C=C)(C=C)O[Si](C=C)(C=C)O1. The zero-order valence-corrected chi connectivity index (χ0v) is 14.9. The topological polar surface area (TPSA) is 36.9 Å².